The molecule has 3 N–H and O–H groups in total. The van der Waals surface area contributed by atoms with Crippen molar-refractivity contribution in [2.75, 3.05) is 23.3 Å². The van der Waals surface area contributed by atoms with E-state index in [1.54, 1.807) is 60.4 Å². The molecule has 0 spiro atoms. The van der Waals surface area contributed by atoms with Crippen LogP contribution in [0.4, 0.5) is 11.4 Å². The quantitative estimate of drug-likeness (QED) is 0.199. The highest BCUT2D eigenvalue weighted by Crippen LogP contribution is 2.39. The molecule has 9 nitrogen and oxygen atoms in total. The highest BCUT2D eigenvalue weighted by molar-refractivity contribution is 6.30. The maximum absolute atomic E-state index is 13.9. The number of fused-ring (bicyclic) bond motifs is 1. The van der Waals surface area contributed by atoms with Gasteiger partial charge in [-0.05, 0) is 92.8 Å². The third-order valence-corrected chi connectivity index (χ3v) is 7.68. The molecule has 3 unspecified atom stereocenters. The molecule has 226 valence electrons. The number of nitrogens with one attached hydrogen (secondary N) is 2. The molecule has 1 aliphatic heterocycles. The Morgan fingerprint density at radius 1 is 1.02 bits per heavy atom. The number of carboxylic acid groups (broad SMARTS) is 1. The number of esters is 1. The maximum atomic E-state index is 13.9. The summed E-state index contributed by atoms with van der Waals surface area (Å²) in [7, 11) is 0. The fraction of sp³-hybridized carbons (Fsp3) is 0.312. The van der Waals surface area contributed by atoms with Gasteiger partial charge in [0.15, 0.2) is 5.56 Å². The molecular weight excluding hydrogens is 593 g/mol. The number of amides is 2. The lowest BCUT2D eigenvalue weighted by Crippen LogP contribution is -2.44. The van der Waals surface area contributed by atoms with Crippen LogP contribution in [0.25, 0.3) is 0 Å². The van der Waals surface area contributed by atoms with Gasteiger partial charge in [0.2, 0.25) is 0 Å². The molecule has 3 atom stereocenters. The SMILES string of the molecule is Cc1ccccc1C(=O)Nc1ccc(C(=O)N2CCCC(C(NCC(=O)OC(C)Cl)C(=O)O)c3cc(Cl)ccc32)c(C)c1. The first-order valence-electron chi connectivity index (χ1n) is 13.8. The molecule has 1 aliphatic rings. The van der Waals surface area contributed by atoms with Gasteiger partial charge in [-0.25, -0.2) is 0 Å². The zero-order valence-electron chi connectivity index (χ0n) is 24.0. The van der Waals surface area contributed by atoms with Crippen molar-refractivity contribution in [1.82, 2.24) is 5.32 Å². The summed E-state index contributed by atoms with van der Waals surface area (Å²) in [6.07, 6.45) is 0.922. The fourth-order valence-corrected chi connectivity index (χ4v) is 5.62. The summed E-state index contributed by atoms with van der Waals surface area (Å²) in [5.41, 5.74) is 3.36. The molecular formula is C32H33Cl2N3O6. The van der Waals surface area contributed by atoms with Crippen molar-refractivity contribution in [3.63, 3.8) is 0 Å². The maximum Gasteiger partial charge on any atom is 0.321 e. The van der Waals surface area contributed by atoms with E-state index in [2.05, 4.69) is 10.6 Å². The predicted octanol–water partition coefficient (Wildman–Crippen LogP) is 5.90. The van der Waals surface area contributed by atoms with Crippen LogP contribution in [0.1, 0.15) is 63.1 Å². The van der Waals surface area contributed by atoms with Crippen molar-refractivity contribution >= 4 is 58.3 Å². The number of carboxylic acids is 1. The monoisotopic (exact) mass is 625 g/mol. The number of aliphatic carboxylic acids is 1. The molecule has 1 heterocycles. The van der Waals surface area contributed by atoms with Gasteiger partial charge in [0.05, 0.1) is 6.54 Å². The summed E-state index contributed by atoms with van der Waals surface area (Å²) in [6, 6.07) is 16.3. The van der Waals surface area contributed by atoms with Gasteiger partial charge in [-0.3, -0.25) is 24.5 Å². The molecule has 0 saturated carbocycles. The first-order chi connectivity index (χ1) is 20.5. The van der Waals surface area contributed by atoms with Gasteiger partial charge in [-0.1, -0.05) is 41.4 Å². The van der Waals surface area contributed by atoms with Gasteiger partial charge in [-0.15, -0.1) is 0 Å². The normalized spacial score (nSPS) is 15.9. The number of hydrogen-bond acceptors (Lipinski definition) is 6. The number of aryl methyl sites for hydroxylation is 2. The van der Waals surface area contributed by atoms with E-state index < -0.39 is 29.5 Å². The number of alkyl halides is 1. The molecule has 0 radical (unpaired) electrons. The lowest BCUT2D eigenvalue weighted by molar-refractivity contribution is -0.144. The Bertz CT molecular complexity index is 1540. The van der Waals surface area contributed by atoms with E-state index in [0.717, 1.165) is 5.56 Å². The van der Waals surface area contributed by atoms with Crippen LogP contribution in [0.3, 0.4) is 0 Å². The first kappa shape index (κ1) is 32.0. The molecule has 3 aromatic carbocycles. The van der Waals surface area contributed by atoms with Crippen molar-refractivity contribution in [2.45, 2.75) is 51.1 Å². The molecule has 0 aromatic heterocycles. The Labute approximate surface area is 260 Å². The second kappa shape index (κ2) is 14.0. The Morgan fingerprint density at radius 3 is 2.44 bits per heavy atom. The van der Waals surface area contributed by atoms with Crippen LogP contribution in [0.15, 0.2) is 60.7 Å². The average molecular weight is 627 g/mol. The van der Waals surface area contributed by atoms with Crippen molar-refractivity contribution in [3.8, 4) is 0 Å². The van der Waals surface area contributed by atoms with Gasteiger partial charge in [-0.2, -0.15) is 0 Å². The minimum Gasteiger partial charge on any atom is -0.480 e. The summed E-state index contributed by atoms with van der Waals surface area (Å²) in [5, 5.41) is 16.2. The summed E-state index contributed by atoms with van der Waals surface area (Å²) in [6.45, 7) is 5.14. The topological polar surface area (TPSA) is 125 Å². The standard InChI is InChI=1S/C32H33Cl2N3O6/c1-18-7-4-5-8-23(18)30(39)36-22-11-12-24(19(2)15-22)31(40)37-14-6-9-25(26-16-21(34)10-13-27(26)37)29(32(41)42)35-17-28(38)43-20(3)33/h4-5,7-8,10-13,15-16,20,25,29,35H,6,9,14,17H2,1-3H3,(H,36,39)(H,41,42). The van der Waals surface area contributed by atoms with E-state index in [1.807, 2.05) is 19.1 Å². The van der Waals surface area contributed by atoms with Crippen molar-refractivity contribution in [1.29, 1.82) is 0 Å². The zero-order chi connectivity index (χ0) is 31.3. The Kier molecular flexibility index (Phi) is 10.4. The second-order valence-corrected chi connectivity index (χ2v) is 11.5. The molecule has 2 amide bonds. The van der Waals surface area contributed by atoms with E-state index in [4.69, 9.17) is 27.9 Å². The van der Waals surface area contributed by atoms with Crippen molar-refractivity contribution in [3.05, 3.63) is 93.5 Å². The smallest absolute Gasteiger partial charge is 0.321 e. The zero-order valence-corrected chi connectivity index (χ0v) is 25.5. The number of anilines is 2. The van der Waals surface area contributed by atoms with Crippen LogP contribution in [-0.2, 0) is 14.3 Å². The summed E-state index contributed by atoms with van der Waals surface area (Å²) in [5.74, 6) is -2.93. The highest BCUT2D eigenvalue weighted by Gasteiger charge is 2.36. The minimum atomic E-state index is -1.15. The number of hydrogen-bond donors (Lipinski definition) is 3. The number of rotatable bonds is 9. The Hall–Kier alpha value is -3.92. The number of carbonyl (C=O) groups is 4. The molecule has 0 saturated heterocycles. The highest BCUT2D eigenvalue weighted by atomic mass is 35.5. The predicted molar refractivity (Wildman–Crippen MR) is 166 cm³/mol. The van der Waals surface area contributed by atoms with Crippen LogP contribution in [0.2, 0.25) is 5.02 Å². The summed E-state index contributed by atoms with van der Waals surface area (Å²) >= 11 is 12.1. The van der Waals surface area contributed by atoms with Gasteiger partial charge in [0.1, 0.15) is 6.04 Å². The van der Waals surface area contributed by atoms with E-state index in [9.17, 15) is 24.3 Å². The molecule has 0 bridgehead atoms. The van der Waals surface area contributed by atoms with Gasteiger partial charge < -0.3 is 20.1 Å². The number of carbonyl (C=O) groups excluding carboxylic acids is 3. The second-order valence-electron chi connectivity index (χ2n) is 10.4. The molecule has 0 aliphatic carbocycles. The number of ether oxygens (including phenoxy) is 1. The molecule has 4 rings (SSSR count). The van der Waals surface area contributed by atoms with Crippen molar-refractivity contribution in [2.24, 2.45) is 0 Å². The largest absolute Gasteiger partial charge is 0.480 e. The summed E-state index contributed by atoms with van der Waals surface area (Å²) < 4.78 is 4.92. The third kappa shape index (κ3) is 7.73. The number of benzene rings is 3. The molecule has 0 fully saturated rings. The van der Waals surface area contributed by atoms with Crippen LogP contribution < -0.4 is 15.5 Å². The Balaban J connectivity index is 1.60. The van der Waals surface area contributed by atoms with E-state index in [0.29, 0.717) is 58.0 Å². The minimum absolute atomic E-state index is 0.243. The third-order valence-electron chi connectivity index (χ3n) is 7.35. The lowest BCUT2D eigenvalue weighted by Gasteiger charge is -2.28. The molecule has 11 heteroatoms. The Morgan fingerprint density at radius 2 is 1.77 bits per heavy atom. The van der Waals surface area contributed by atoms with Crippen LogP contribution in [0.5, 0.6) is 0 Å². The van der Waals surface area contributed by atoms with E-state index in [-0.39, 0.29) is 18.4 Å². The van der Waals surface area contributed by atoms with Crippen LogP contribution in [-0.4, -0.2) is 53.6 Å². The lowest BCUT2D eigenvalue weighted by atomic mass is 9.87. The molecule has 43 heavy (non-hydrogen) atoms. The molecule has 3 aromatic rings. The van der Waals surface area contributed by atoms with Crippen LogP contribution >= 0.6 is 23.2 Å². The summed E-state index contributed by atoms with van der Waals surface area (Å²) in [4.78, 5) is 52.8. The van der Waals surface area contributed by atoms with E-state index in [1.165, 1.54) is 6.92 Å². The fourth-order valence-electron chi connectivity index (χ4n) is 5.34. The number of nitrogens with zero attached hydrogens (tertiary/aromatic N) is 1. The number of halogens is 2. The van der Waals surface area contributed by atoms with Crippen molar-refractivity contribution < 1.29 is 29.0 Å². The van der Waals surface area contributed by atoms with Gasteiger partial charge >= 0.3 is 11.9 Å². The van der Waals surface area contributed by atoms with Gasteiger partial charge in [0, 0.05) is 40.0 Å². The average Bonchev–Trinajstić information content (AvgIpc) is 3.12. The van der Waals surface area contributed by atoms with Gasteiger partial charge in [0.25, 0.3) is 11.8 Å². The first-order valence-corrected chi connectivity index (χ1v) is 14.7. The van der Waals surface area contributed by atoms with E-state index >= 15 is 0 Å². The van der Waals surface area contributed by atoms with Crippen LogP contribution in [0, 0.1) is 13.8 Å².